The lowest BCUT2D eigenvalue weighted by Gasteiger charge is -2.05. The number of carbonyl (C=O) groups excluding carboxylic acids is 1. The summed E-state index contributed by atoms with van der Waals surface area (Å²) in [6.07, 6.45) is -0.341. The SMILES string of the molecule is C=C(C)C(=O)NCCP(=O)(O)O. The number of rotatable bonds is 4. The molecule has 0 bridgehead atoms. The summed E-state index contributed by atoms with van der Waals surface area (Å²) < 4.78 is 10.3. The molecule has 0 aromatic rings. The van der Waals surface area contributed by atoms with E-state index in [-0.39, 0.29) is 18.6 Å². The quantitative estimate of drug-likeness (QED) is 0.428. The van der Waals surface area contributed by atoms with Gasteiger partial charge in [-0.2, -0.15) is 0 Å². The molecule has 0 aliphatic rings. The van der Waals surface area contributed by atoms with Crippen molar-refractivity contribution in [1.29, 1.82) is 0 Å². The lowest BCUT2D eigenvalue weighted by molar-refractivity contribution is -0.117. The highest BCUT2D eigenvalue weighted by Crippen LogP contribution is 2.32. The first-order valence-electron chi connectivity index (χ1n) is 3.31. The summed E-state index contributed by atoms with van der Waals surface area (Å²) in [6.45, 7) is 4.85. The van der Waals surface area contributed by atoms with E-state index in [4.69, 9.17) is 9.79 Å². The Kier molecular flexibility index (Phi) is 4.17. The summed E-state index contributed by atoms with van der Waals surface area (Å²) in [6, 6.07) is 0. The summed E-state index contributed by atoms with van der Waals surface area (Å²) in [5.74, 6) is -0.386. The van der Waals surface area contributed by atoms with Gasteiger partial charge in [0.2, 0.25) is 5.91 Å². The first-order valence-corrected chi connectivity index (χ1v) is 5.11. The maximum atomic E-state index is 10.8. The van der Waals surface area contributed by atoms with Crippen LogP contribution in [0.4, 0.5) is 0 Å². The maximum absolute atomic E-state index is 10.8. The van der Waals surface area contributed by atoms with Crippen LogP contribution in [0.15, 0.2) is 12.2 Å². The van der Waals surface area contributed by atoms with E-state index in [2.05, 4.69) is 11.9 Å². The van der Waals surface area contributed by atoms with E-state index in [0.717, 1.165) is 0 Å². The lowest BCUT2D eigenvalue weighted by atomic mass is 10.3. The molecule has 0 aliphatic heterocycles. The summed E-state index contributed by atoms with van der Waals surface area (Å²) >= 11 is 0. The highest BCUT2D eigenvalue weighted by molar-refractivity contribution is 7.51. The number of carbonyl (C=O) groups is 1. The molecule has 0 heterocycles. The highest BCUT2D eigenvalue weighted by Gasteiger charge is 2.12. The van der Waals surface area contributed by atoms with Crippen LogP contribution in [-0.4, -0.2) is 28.4 Å². The van der Waals surface area contributed by atoms with Gasteiger partial charge in [-0.25, -0.2) is 0 Å². The van der Waals surface area contributed by atoms with E-state index < -0.39 is 7.60 Å². The van der Waals surface area contributed by atoms with Gasteiger partial charge >= 0.3 is 7.60 Å². The third-order valence-electron chi connectivity index (χ3n) is 1.08. The average molecular weight is 193 g/mol. The lowest BCUT2D eigenvalue weighted by Crippen LogP contribution is -2.26. The van der Waals surface area contributed by atoms with Crippen LogP contribution in [0.5, 0.6) is 0 Å². The van der Waals surface area contributed by atoms with Crippen molar-refractivity contribution in [3.05, 3.63) is 12.2 Å². The van der Waals surface area contributed by atoms with Crippen LogP contribution in [0.3, 0.4) is 0 Å². The van der Waals surface area contributed by atoms with Crippen LogP contribution >= 0.6 is 7.60 Å². The smallest absolute Gasteiger partial charge is 0.327 e. The Morgan fingerprint density at radius 2 is 2.08 bits per heavy atom. The van der Waals surface area contributed by atoms with Gasteiger partial charge in [0.15, 0.2) is 0 Å². The minimum Gasteiger partial charge on any atom is -0.352 e. The standard InChI is InChI=1S/C6H12NO4P/c1-5(2)6(8)7-3-4-12(9,10)11/h1,3-4H2,2H3,(H,7,8)(H2,9,10,11). The molecule has 0 spiro atoms. The molecule has 0 fully saturated rings. The van der Waals surface area contributed by atoms with Crippen molar-refractivity contribution in [3.8, 4) is 0 Å². The molecule has 0 aromatic heterocycles. The molecule has 0 radical (unpaired) electrons. The number of hydrogen-bond donors (Lipinski definition) is 3. The van der Waals surface area contributed by atoms with Gasteiger partial charge in [-0.3, -0.25) is 9.36 Å². The normalized spacial score (nSPS) is 10.9. The van der Waals surface area contributed by atoms with E-state index >= 15 is 0 Å². The highest BCUT2D eigenvalue weighted by atomic mass is 31.2. The van der Waals surface area contributed by atoms with Crippen LogP contribution in [0.1, 0.15) is 6.92 Å². The molecule has 0 aromatic carbocycles. The molecule has 0 atom stereocenters. The van der Waals surface area contributed by atoms with Crippen molar-refractivity contribution >= 4 is 13.5 Å². The Labute approximate surface area is 70.6 Å². The Balaban J connectivity index is 3.65. The monoisotopic (exact) mass is 193 g/mol. The minimum absolute atomic E-state index is 0.0318. The zero-order chi connectivity index (χ0) is 9.78. The van der Waals surface area contributed by atoms with Gasteiger partial charge in [0.05, 0.1) is 6.16 Å². The Morgan fingerprint density at radius 3 is 2.42 bits per heavy atom. The molecular weight excluding hydrogens is 181 g/mol. The van der Waals surface area contributed by atoms with Gasteiger partial charge < -0.3 is 15.1 Å². The van der Waals surface area contributed by atoms with Crippen molar-refractivity contribution in [1.82, 2.24) is 5.32 Å². The fraction of sp³-hybridized carbons (Fsp3) is 0.500. The second kappa shape index (κ2) is 4.40. The predicted molar refractivity (Wildman–Crippen MR) is 44.7 cm³/mol. The van der Waals surface area contributed by atoms with Gasteiger partial charge in [0.25, 0.3) is 0 Å². The average Bonchev–Trinajstić information content (AvgIpc) is 1.84. The third-order valence-corrected chi connectivity index (χ3v) is 1.88. The van der Waals surface area contributed by atoms with E-state index in [9.17, 15) is 9.36 Å². The van der Waals surface area contributed by atoms with E-state index in [1.54, 1.807) is 0 Å². The van der Waals surface area contributed by atoms with Gasteiger partial charge in [-0.05, 0) is 6.92 Å². The van der Waals surface area contributed by atoms with Crippen molar-refractivity contribution in [3.63, 3.8) is 0 Å². The molecule has 0 aliphatic carbocycles. The third kappa shape index (κ3) is 6.09. The van der Waals surface area contributed by atoms with E-state index in [0.29, 0.717) is 5.57 Å². The molecule has 0 saturated heterocycles. The van der Waals surface area contributed by atoms with Crippen molar-refractivity contribution in [2.75, 3.05) is 12.7 Å². The molecule has 0 saturated carbocycles. The summed E-state index contributed by atoms with van der Waals surface area (Å²) in [7, 11) is -4.00. The molecular formula is C6H12NO4P. The van der Waals surface area contributed by atoms with Crippen molar-refractivity contribution < 1.29 is 19.1 Å². The topological polar surface area (TPSA) is 86.6 Å². The summed E-state index contributed by atoms with van der Waals surface area (Å²) in [5.41, 5.74) is 0.320. The maximum Gasteiger partial charge on any atom is 0.327 e. The van der Waals surface area contributed by atoms with Crippen LogP contribution in [0.25, 0.3) is 0 Å². The molecule has 0 unspecified atom stereocenters. The van der Waals surface area contributed by atoms with Crippen molar-refractivity contribution in [2.24, 2.45) is 0 Å². The molecule has 6 heteroatoms. The van der Waals surface area contributed by atoms with Gasteiger partial charge in [0, 0.05) is 12.1 Å². The Morgan fingerprint density at radius 1 is 1.58 bits per heavy atom. The largest absolute Gasteiger partial charge is 0.352 e. The summed E-state index contributed by atoms with van der Waals surface area (Å²) in [5, 5.41) is 2.31. The van der Waals surface area contributed by atoms with Gasteiger partial charge in [-0.15, -0.1) is 0 Å². The van der Waals surface area contributed by atoms with Crippen LogP contribution in [-0.2, 0) is 9.36 Å². The second-order valence-corrected chi connectivity index (χ2v) is 4.20. The number of hydrogen-bond acceptors (Lipinski definition) is 2. The molecule has 5 nitrogen and oxygen atoms in total. The first-order chi connectivity index (χ1) is 5.33. The van der Waals surface area contributed by atoms with Crippen LogP contribution in [0.2, 0.25) is 0 Å². The fourth-order valence-corrected chi connectivity index (χ4v) is 0.869. The zero-order valence-corrected chi connectivity index (χ0v) is 7.67. The zero-order valence-electron chi connectivity index (χ0n) is 6.78. The Bertz CT molecular complexity index is 232. The molecule has 70 valence electrons. The van der Waals surface area contributed by atoms with E-state index in [1.165, 1.54) is 6.92 Å². The predicted octanol–water partition coefficient (Wildman–Crippen LogP) is -0.144. The van der Waals surface area contributed by atoms with Crippen molar-refractivity contribution in [2.45, 2.75) is 6.92 Å². The minimum atomic E-state index is -4.00. The van der Waals surface area contributed by atoms with Crippen LogP contribution in [0, 0.1) is 0 Å². The van der Waals surface area contributed by atoms with E-state index in [1.807, 2.05) is 0 Å². The van der Waals surface area contributed by atoms with Gasteiger partial charge in [0.1, 0.15) is 0 Å². The summed E-state index contributed by atoms with van der Waals surface area (Å²) in [4.78, 5) is 27.6. The fourth-order valence-electron chi connectivity index (χ4n) is 0.466. The van der Waals surface area contributed by atoms with Crippen LogP contribution < -0.4 is 5.32 Å². The van der Waals surface area contributed by atoms with Gasteiger partial charge in [-0.1, -0.05) is 6.58 Å². The molecule has 12 heavy (non-hydrogen) atoms. The Hall–Kier alpha value is -0.640. The second-order valence-electron chi connectivity index (χ2n) is 2.42. The number of nitrogens with one attached hydrogen (secondary N) is 1. The number of amides is 1. The molecule has 3 N–H and O–H groups in total. The molecule has 0 rings (SSSR count). The molecule has 1 amide bonds. The first kappa shape index (κ1) is 11.4.